The van der Waals surface area contributed by atoms with E-state index >= 15 is 0 Å². The van der Waals surface area contributed by atoms with Crippen molar-refractivity contribution in [3.8, 4) is 11.5 Å². The van der Waals surface area contributed by atoms with Crippen LogP contribution < -0.4 is 14.8 Å². The van der Waals surface area contributed by atoms with Crippen LogP contribution in [0.25, 0.3) is 0 Å². The predicted octanol–water partition coefficient (Wildman–Crippen LogP) is 3.59. The molecular formula is C22H23FN2O3. The Morgan fingerprint density at radius 3 is 2.39 bits per heavy atom. The van der Waals surface area contributed by atoms with E-state index in [0.717, 1.165) is 16.7 Å². The summed E-state index contributed by atoms with van der Waals surface area (Å²) in [6.07, 6.45) is 1.67. The molecule has 0 atom stereocenters. The van der Waals surface area contributed by atoms with Gasteiger partial charge in [0.25, 0.3) is 0 Å². The number of hydrogen-bond acceptors (Lipinski definition) is 5. The number of ether oxygens (including phenoxy) is 2. The molecule has 0 spiro atoms. The maximum Gasteiger partial charge on any atom is 0.185 e. The highest BCUT2D eigenvalue weighted by atomic mass is 19.1. The molecule has 0 aliphatic heterocycles. The fourth-order valence-electron chi connectivity index (χ4n) is 2.83. The van der Waals surface area contributed by atoms with Gasteiger partial charge in [-0.2, -0.15) is 0 Å². The summed E-state index contributed by atoms with van der Waals surface area (Å²) in [7, 11) is 1.53. The molecule has 3 rings (SSSR count). The first kappa shape index (κ1) is 19.8. The molecular weight excluding hydrogens is 359 g/mol. The van der Waals surface area contributed by atoms with Gasteiger partial charge in [0.2, 0.25) is 0 Å². The minimum absolute atomic E-state index is 0.242. The summed E-state index contributed by atoms with van der Waals surface area (Å²) in [5, 5.41) is 12.9. The molecule has 1 heterocycles. The molecule has 2 aromatic carbocycles. The van der Waals surface area contributed by atoms with Gasteiger partial charge in [-0.25, -0.2) is 4.39 Å². The van der Waals surface area contributed by atoms with Gasteiger partial charge in [0, 0.05) is 24.8 Å². The van der Waals surface area contributed by atoms with E-state index in [1.54, 1.807) is 18.3 Å². The molecule has 0 radical (unpaired) electrons. The van der Waals surface area contributed by atoms with E-state index in [0.29, 0.717) is 36.9 Å². The third-order valence-electron chi connectivity index (χ3n) is 4.27. The molecule has 0 saturated carbocycles. The molecule has 0 saturated heterocycles. The Morgan fingerprint density at radius 2 is 1.71 bits per heavy atom. The molecule has 28 heavy (non-hydrogen) atoms. The fourth-order valence-corrected chi connectivity index (χ4v) is 2.83. The number of nitrogens with one attached hydrogen (secondary N) is 1. The highest BCUT2D eigenvalue weighted by molar-refractivity contribution is 5.48. The zero-order valence-electron chi connectivity index (χ0n) is 15.7. The molecule has 2 N–H and O–H groups in total. The Hall–Kier alpha value is -2.96. The van der Waals surface area contributed by atoms with Crippen LogP contribution >= 0.6 is 0 Å². The first-order chi connectivity index (χ1) is 13.7. The Balaban J connectivity index is 1.75. The van der Waals surface area contributed by atoms with E-state index in [4.69, 9.17) is 9.47 Å². The molecule has 3 aromatic rings. The van der Waals surface area contributed by atoms with Crippen LogP contribution in [0.15, 0.2) is 60.8 Å². The number of aliphatic hydroxyl groups excluding tert-OH is 1. The Labute approximate surface area is 163 Å². The van der Waals surface area contributed by atoms with Crippen molar-refractivity contribution in [2.75, 3.05) is 7.11 Å². The summed E-state index contributed by atoms with van der Waals surface area (Å²) in [5.74, 6) is 0.727. The van der Waals surface area contributed by atoms with Gasteiger partial charge in [0.15, 0.2) is 11.5 Å². The van der Waals surface area contributed by atoms with E-state index in [9.17, 15) is 9.50 Å². The van der Waals surface area contributed by atoms with Crippen LogP contribution in [0.2, 0.25) is 0 Å². The summed E-state index contributed by atoms with van der Waals surface area (Å²) in [6, 6.07) is 16.2. The van der Waals surface area contributed by atoms with Gasteiger partial charge >= 0.3 is 0 Å². The molecule has 6 heteroatoms. The lowest BCUT2D eigenvalue weighted by molar-refractivity contribution is 0.252. The molecule has 0 aliphatic rings. The Morgan fingerprint density at radius 1 is 0.964 bits per heavy atom. The van der Waals surface area contributed by atoms with Crippen molar-refractivity contribution in [3.05, 3.63) is 89.0 Å². The summed E-state index contributed by atoms with van der Waals surface area (Å²) in [5.41, 5.74) is 3.23. The first-order valence-electron chi connectivity index (χ1n) is 8.98. The number of rotatable bonds is 9. The molecule has 0 amide bonds. The highest BCUT2D eigenvalue weighted by Gasteiger charge is 2.17. The second kappa shape index (κ2) is 9.82. The third-order valence-corrected chi connectivity index (χ3v) is 4.27. The SMILES string of the molecule is COc1c(CO)ncc(CNCc2ccc(F)cc2)c1OCc1ccccc1. The smallest absolute Gasteiger partial charge is 0.185 e. The summed E-state index contributed by atoms with van der Waals surface area (Å²) in [4.78, 5) is 4.28. The minimum Gasteiger partial charge on any atom is -0.491 e. The molecule has 146 valence electrons. The molecule has 0 fully saturated rings. The summed E-state index contributed by atoms with van der Waals surface area (Å²) in [6.45, 7) is 1.18. The lowest BCUT2D eigenvalue weighted by atomic mass is 10.2. The number of pyridine rings is 1. The average Bonchev–Trinajstić information content (AvgIpc) is 2.74. The zero-order valence-corrected chi connectivity index (χ0v) is 15.7. The standard InChI is InChI=1S/C22H23FN2O3/c1-27-22-20(14-26)25-13-18(12-24-11-16-7-9-19(23)10-8-16)21(22)28-15-17-5-3-2-4-6-17/h2-10,13,24,26H,11-12,14-15H2,1H3. The van der Waals surface area contributed by atoms with Crippen molar-refractivity contribution in [3.63, 3.8) is 0 Å². The second-order valence-corrected chi connectivity index (χ2v) is 6.25. The topological polar surface area (TPSA) is 63.6 Å². The first-order valence-corrected chi connectivity index (χ1v) is 8.98. The minimum atomic E-state index is -0.256. The predicted molar refractivity (Wildman–Crippen MR) is 104 cm³/mol. The Bertz CT molecular complexity index is 886. The average molecular weight is 382 g/mol. The van der Waals surface area contributed by atoms with Crippen LogP contribution in [0.3, 0.4) is 0 Å². The number of aromatic nitrogens is 1. The second-order valence-electron chi connectivity index (χ2n) is 6.25. The van der Waals surface area contributed by atoms with Crippen LogP contribution in [0, 0.1) is 5.82 Å². The summed E-state index contributed by atoms with van der Waals surface area (Å²) < 4.78 is 24.5. The van der Waals surface area contributed by atoms with Crippen molar-refractivity contribution in [1.82, 2.24) is 10.3 Å². The number of nitrogens with zero attached hydrogens (tertiary/aromatic N) is 1. The van der Waals surface area contributed by atoms with Crippen molar-refractivity contribution >= 4 is 0 Å². The number of benzene rings is 2. The van der Waals surface area contributed by atoms with Crippen LogP contribution in [-0.4, -0.2) is 17.2 Å². The van der Waals surface area contributed by atoms with Crippen LogP contribution in [0.4, 0.5) is 4.39 Å². The quantitative estimate of drug-likeness (QED) is 0.592. The van der Waals surface area contributed by atoms with Gasteiger partial charge in [-0.3, -0.25) is 4.98 Å². The van der Waals surface area contributed by atoms with E-state index in [1.807, 2.05) is 30.3 Å². The van der Waals surface area contributed by atoms with Crippen LogP contribution in [0.1, 0.15) is 22.4 Å². The maximum absolute atomic E-state index is 13.0. The van der Waals surface area contributed by atoms with Gasteiger partial charge in [0.1, 0.15) is 18.1 Å². The normalized spacial score (nSPS) is 10.7. The van der Waals surface area contributed by atoms with Gasteiger partial charge in [0.05, 0.1) is 13.7 Å². The molecule has 1 aromatic heterocycles. The van der Waals surface area contributed by atoms with Gasteiger partial charge in [-0.1, -0.05) is 42.5 Å². The van der Waals surface area contributed by atoms with Crippen LogP contribution in [0.5, 0.6) is 11.5 Å². The third kappa shape index (κ3) is 5.06. The van der Waals surface area contributed by atoms with E-state index in [2.05, 4.69) is 10.3 Å². The Kier molecular flexibility index (Phi) is 6.94. The van der Waals surface area contributed by atoms with E-state index in [-0.39, 0.29) is 12.4 Å². The lowest BCUT2D eigenvalue weighted by Crippen LogP contribution is -2.15. The fraction of sp³-hybridized carbons (Fsp3) is 0.227. The maximum atomic E-state index is 13.0. The highest BCUT2D eigenvalue weighted by Crippen LogP contribution is 2.34. The largest absolute Gasteiger partial charge is 0.491 e. The number of methoxy groups -OCH3 is 1. The van der Waals surface area contributed by atoms with Crippen molar-refractivity contribution < 1.29 is 19.0 Å². The number of hydrogen-bond donors (Lipinski definition) is 2. The molecule has 0 bridgehead atoms. The number of aliphatic hydroxyl groups is 1. The zero-order chi connectivity index (χ0) is 19.8. The molecule has 0 aliphatic carbocycles. The number of halogens is 1. The summed E-state index contributed by atoms with van der Waals surface area (Å²) >= 11 is 0. The monoisotopic (exact) mass is 382 g/mol. The van der Waals surface area contributed by atoms with E-state index < -0.39 is 0 Å². The van der Waals surface area contributed by atoms with Gasteiger partial charge < -0.3 is 19.9 Å². The molecule has 0 unspecified atom stereocenters. The van der Waals surface area contributed by atoms with Gasteiger partial charge in [-0.15, -0.1) is 0 Å². The van der Waals surface area contributed by atoms with E-state index in [1.165, 1.54) is 19.2 Å². The molecule has 5 nitrogen and oxygen atoms in total. The van der Waals surface area contributed by atoms with Crippen molar-refractivity contribution in [2.24, 2.45) is 0 Å². The van der Waals surface area contributed by atoms with Gasteiger partial charge in [-0.05, 0) is 23.3 Å². The van der Waals surface area contributed by atoms with Crippen molar-refractivity contribution in [2.45, 2.75) is 26.3 Å². The van der Waals surface area contributed by atoms with Crippen molar-refractivity contribution in [1.29, 1.82) is 0 Å². The van der Waals surface area contributed by atoms with Crippen LogP contribution in [-0.2, 0) is 26.3 Å². The lowest BCUT2D eigenvalue weighted by Gasteiger charge is -2.17.